The highest BCUT2D eigenvalue weighted by Gasteiger charge is 2.20. The molecule has 106 valence electrons. The Kier molecular flexibility index (Phi) is 3.81. The Labute approximate surface area is 131 Å². The number of rotatable bonds is 3. The number of thiocarbonyl (C=S) groups is 1. The van der Waals surface area contributed by atoms with E-state index < -0.39 is 0 Å². The van der Waals surface area contributed by atoms with Crippen molar-refractivity contribution in [2.45, 2.75) is 16.9 Å². The van der Waals surface area contributed by atoms with Gasteiger partial charge in [0, 0.05) is 11.0 Å². The molecule has 1 saturated heterocycles. The minimum absolute atomic E-state index is 0.246. The third kappa shape index (κ3) is 3.34. The summed E-state index contributed by atoms with van der Waals surface area (Å²) in [5.41, 5.74) is 1.61. The average Bonchev–Trinajstić information content (AvgIpc) is 3.00. The second kappa shape index (κ2) is 5.75. The van der Waals surface area contributed by atoms with Gasteiger partial charge in [-0.05, 0) is 43.4 Å². The molecule has 0 radical (unpaired) electrons. The lowest BCUT2D eigenvalue weighted by molar-refractivity contribution is -0.115. The molecule has 1 aliphatic heterocycles. The third-order valence-electron chi connectivity index (χ3n) is 2.85. The van der Waals surface area contributed by atoms with Gasteiger partial charge in [-0.2, -0.15) is 0 Å². The molecule has 1 fully saturated rings. The van der Waals surface area contributed by atoms with Crippen LogP contribution in [0.4, 0.5) is 0 Å². The van der Waals surface area contributed by atoms with Crippen LogP contribution in [-0.2, 0) is 4.79 Å². The van der Waals surface area contributed by atoms with Crippen molar-refractivity contribution >= 4 is 41.1 Å². The van der Waals surface area contributed by atoms with Gasteiger partial charge in [0.1, 0.15) is 11.5 Å². The van der Waals surface area contributed by atoms with Gasteiger partial charge in [-0.1, -0.05) is 29.5 Å². The van der Waals surface area contributed by atoms with Crippen LogP contribution < -0.4 is 10.6 Å². The standard InChI is InChI=1S/C15H12N2O2S2/c1-9-2-5-11(6-3-9)21-13-7-4-10(19-13)8-12-14(18)17-15(20)16-12/h2-8H,1H3,(H2,16,17,18,20)/b12-8+. The van der Waals surface area contributed by atoms with Crippen LogP contribution in [0.5, 0.6) is 0 Å². The fourth-order valence-electron chi connectivity index (χ4n) is 1.81. The van der Waals surface area contributed by atoms with E-state index in [-0.39, 0.29) is 5.91 Å². The maximum absolute atomic E-state index is 11.5. The Bertz CT molecular complexity index is 732. The first kappa shape index (κ1) is 13.9. The highest BCUT2D eigenvalue weighted by Crippen LogP contribution is 2.29. The van der Waals surface area contributed by atoms with Crippen molar-refractivity contribution in [1.29, 1.82) is 0 Å². The number of hydrogen-bond donors (Lipinski definition) is 2. The van der Waals surface area contributed by atoms with Crippen LogP contribution in [0.3, 0.4) is 0 Å². The van der Waals surface area contributed by atoms with E-state index in [0.717, 1.165) is 9.99 Å². The first-order valence-electron chi connectivity index (χ1n) is 6.28. The Hall–Kier alpha value is -2.05. The Balaban J connectivity index is 1.74. The van der Waals surface area contributed by atoms with Crippen molar-refractivity contribution < 1.29 is 9.21 Å². The van der Waals surface area contributed by atoms with E-state index in [1.165, 1.54) is 17.3 Å². The van der Waals surface area contributed by atoms with Gasteiger partial charge in [-0.25, -0.2) is 0 Å². The van der Waals surface area contributed by atoms with Crippen LogP contribution in [0, 0.1) is 6.92 Å². The second-order valence-corrected chi connectivity index (χ2v) is 6.02. The lowest BCUT2D eigenvalue weighted by Gasteiger charge is -1.98. The number of furan rings is 1. The highest BCUT2D eigenvalue weighted by atomic mass is 32.2. The number of aryl methyl sites for hydroxylation is 1. The summed E-state index contributed by atoms with van der Waals surface area (Å²) in [6.07, 6.45) is 1.63. The van der Waals surface area contributed by atoms with Gasteiger partial charge in [0.05, 0.1) is 0 Å². The number of carbonyl (C=O) groups is 1. The smallest absolute Gasteiger partial charge is 0.274 e. The summed E-state index contributed by atoms with van der Waals surface area (Å²) in [5, 5.41) is 6.37. The van der Waals surface area contributed by atoms with E-state index in [0.29, 0.717) is 16.6 Å². The zero-order valence-electron chi connectivity index (χ0n) is 11.2. The molecule has 0 saturated carbocycles. The zero-order chi connectivity index (χ0) is 14.8. The van der Waals surface area contributed by atoms with E-state index in [1.807, 2.05) is 24.3 Å². The molecule has 1 aliphatic rings. The van der Waals surface area contributed by atoms with Crippen molar-refractivity contribution in [2.24, 2.45) is 0 Å². The van der Waals surface area contributed by atoms with E-state index in [1.54, 1.807) is 6.08 Å². The van der Waals surface area contributed by atoms with Gasteiger partial charge >= 0.3 is 0 Å². The average molecular weight is 316 g/mol. The minimum Gasteiger partial charge on any atom is -0.450 e. The molecule has 1 amide bonds. The molecule has 0 spiro atoms. The second-order valence-electron chi connectivity index (χ2n) is 4.54. The van der Waals surface area contributed by atoms with E-state index in [4.69, 9.17) is 16.6 Å². The molecule has 2 N–H and O–H groups in total. The Morgan fingerprint density at radius 3 is 2.57 bits per heavy atom. The summed E-state index contributed by atoms with van der Waals surface area (Å²) in [6.45, 7) is 2.05. The van der Waals surface area contributed by atoms with Crippen LogP contribution in [0.2, 0.25) is 0 Å². The summed E-state index contributed by atoms with van der Waals surface area (Å²) in [5.74, 6) is 0.357. The number of carbonyl (C=O) groups excluding carboxylic acids is 1. The lowest BCUT2D eigenvalue weighted by Crippen LogP contribution is -2.21. The third-order valence-corrected chi connectivity index (χ3v) is 3.98. The van der Waals surface area contributed by atoms with Crippen molar-refractivity contribution in [1.82, 2.24) is 10.6 Å². The van der Waals surface area contributed by atoms with E-state index in [9.17, 15) is 4.79 Å². The van der Waals surface area contributed by atoms with Gasteiger partial charge in [-0.3, -0.25) is 10.1 Å². The lowest BCUT2D eigenvalue weighted by atomic mass is 10.2. The quantitative estimate of drug-likeness (QED) is 0.673. The van der Waals surface area contributed by atoms with Gasteiger partial charge < -0.3 is 9.73 Å². The molecular formula is C15H12N2O2S2. The Morgan fingerprint density at radius 2 is 1.90 bits per heavy atom. The molecule has 2 heterocycles. The summed E-state index contributed by atoms with van der Waals surface area (Å²) >= 11 is 6.41. The van der Waals surface area contributed by atoms with Gasteiger partial charge in [0.2, 0.25) is 0 Å². The topological polar surface area (TPSA) is 54.3 Å². The van der Waals surface area contributed by atoms with Crippen molar-refractivity contribution in [3.8, 4) is 0 Å². The van der Waals surface area contributed by atoms with Gasteiger partial charge in [0.25, 0.3) is 5.91 Å². The molecule has 1 aromatic carbocycles. The molecule has 2 aromatic rings. The van der Waals surface area contributed by atoms with E-state index >= 15 is 0 Å². The number of amides is 1. The van der Waals surface area contributed by atoms with Gasteiger partial charge in [0.15, 0.2) is 10.2 Å². The monoisotopic (exact) mass is 316 g/mol. The van der Waals surface area contributed by atoms with Crippen molar-refractivity contribution in [3.05, 3.63) is 53.4 Å². The van der Waals surface area contributed by atoms with Crippen LogP contribution in [0.1, 0.15) is 11.3 Å². The summed E-state index contributed by atoms with van der Waals surface area (Å²) < 4.78 is 5.69. The van der Waals surface area contributed by atoms with Gasteiger partial charge in [-0.15, -0.1) is 0 Å². The fraction of sp³-hybridized carbons (Fsp3) is 0.0667. The molecule has 21 heavy (non-hydrogen) atoms. The molecule has 0 aliphatic carbocycles. The number of benzene rings is 1. The highest BCUT2D eigenvalue weighted by molar-refractivity contribution is 7.99. The predicted octanol–water partition coefficient (Wildman–Crippen LogP) is 3.08. The molecule has 0 bridgehead atoms. The molecule has 4 nitrogen and oxygen atoms in total. The predicted molar refractivity (Wildman–Crippen MR) is 85.9 cm³/mol. The summed E-state index contributed by atoms with van der Waals surface area (Å²) in [6, 6.07) is 11.9. The van der Waals surface area contributed by atoms with Crippen molar-refractivity contribution in [2.75, 3.05) is 0 Å². The first-order valence-corrected chi connectivity index (χ1v) is 7.51. The van der Waals surface area contributed by atoms with E-state index in [2.05, 4.69) is 29.7 Å². The largest absolute Gasteiger partial charge is 0.450 e. The summed E-state index contributed by atoms with van der Waals surface area (Å²) in [7, 11) is 0. The van der Waals surface area contributed by atoms with Crippen LogP contribution in [0.25, 0.3) is 6.08 Å². The number of hydrogen-bond acceptors (Lipinski definition) is 4. The molecule has 0 unspecified atom stereocenters. The zero-order valence-corrected chi connectivity index (χ0v) is 12.8. The van der Waals surface area contributed by atoms with Crippen molar-refractivity contribution in [3.63, 3.8) is 0 Å². The molecule has 6 heteroatoms. The SMILES string of the molecule is Cc1ccc(Sc2ccc(/C=C3/NC(=S)NC3=O)o2)cc1. The number of nitrogens with one attached hydrogen (secondary N) is 2. The molecule has 1 aromatic heterocycles. The first-order chi connectivity index (χ1) is 10.1. The maximum Gasteiger partial charge on any atom is 0.274 e. The normalized spacial score (nSPS) is 16.1. The Morgan fingerprint density at radius 1 is 1.14 bits per heavy atom. The minimum atomic E-state index is -0.246. The van der Waals surface area contributed by atoms with Crippen LogP contribution >= 0.6 is 24.0 Å². The molecular weight excluding hydrogens is 304 g/mol. The maximum atomic E-state index is 11.5. The fourth-order valence-corrected chi connectivity index (χ4v) is 2.80. The molecule has 3 rings (SSSR count). The van der Waals surface area contributed by atoms with Crippen LogP contribution in [0.15, 0.2) is 56.5 Å². The molecule has 0 atom stereocenters. The van der Waals surface area contributed by atoms with Crippen LogP contribution in [-0.4, -0.2) is 11.0 Å². The summed E-state index contributed by atoms with van der Waals surface area (Å²) in [4.78, 5) is 12.6.